The lowest BCUT2D eigenvalue weighted by molar-refractivity contribution is 0.0964. The monoisotopic (exact) mass is 581 g/mol. The molecule has 0 aliphatic carbocycles. The van der Waals surface area contributed by atoms with Gasteiger partial charge >= 0.3 is 0 Å². The van der Waals surface area contributed by atoms with Crippen LogP contribution >= 0.6 is 15.9 Å². The predicted octanol–water partition coefficient (Wildman–Crippen LogP) is 8.24. The number of hydrogen-bond acceptors (Lipinski definition) is 3. The van der Waals surface area contributed by atoms with E-state index in [1.54, 1.807) is 19.2 Å². The van der Waals surface area contributed by atoms with Crippen LogP contribution in [0.2, 0.25) is 0 Å². The first-order chi connectivity index (χ1) is 18.9. The lowest BCUT2D eigenvalue weighted by Gasteiger charge is -2.18. The standard InChI is InChI=1S/C32H25BrFN3O2/c1-35-32(38)28-24-16-23(26(37(2)3)17-27(24)39-31(28)18-11-13-21(34)14-12-18)19-7-6-8-20(15-19)30-29(33)22-9-4-5-10-25(22)36-30/h4-17,36H,1-3H3,(H,35,38). The zero-order valence-corrected chi connectivity index (χ0v) is 23.2. The summed E-state index contributed by atoms with van der Waals surface area (Å²) in [7, 11) is 5.55. The van der Waals surface area contributed by atoms with Crippen LogP contribution in [0.4, 0.5) is 10.1 Å². The Bertz CT molecular complexity index is 1870. The molecule has 5 nitrogen and oxygen atoms in total. The maximum absolute atomic E-state index is 13.6. The summed E-state index contributed by atoms with van der Waals surface area (Å²) in [5.74, 6) is -0.218. The summed E-state index contributed by atoms with van der Waals surface area (Å²) in [4.78, 5) is 18.7. The number of amides is 1. The average Bonchev–Trinajstić information content (AvgIpc) is 3.50. The molecule has 0 aliphatic rings. The normalized spacial score (nSPS) is 11.3. The van der Waals surface area contributed by atoms with Gasteiger partial charge < -0.3 is 19.6 Å². The molecule has 0 aliphatic heterocycles. The molecule has 1 amide bonds. The molecule has 4 aromatic carbocycles. The molecular weight excluding hydrogens is 557 g/mol. The molecule has 0 fully saturated rings. The van der Waals surface area contributed by atoms with Crippen molar-refractivity contribution in [1.82, 2.24) is 10.3 Å². The quantitative estimate of drug-likeness (QED) is 0.215. The van der Waals surface area contributed by atoms with Gasteiger partial charge in [0.25, 0.3) is 5.91 Å². The van der Waals surface area contributed by atoms with Crippen LogP contribution in [0.25, 0.3) is 55.6 Å². The number of rotatable bonds is 5. The highest BCUT2D eigenvalue weighted by molar-refractivity contribution is 9.10. The summed E-state index contributed by atoms with van der Waals surface area (Å²) in [6.07, 6.45) is 0. The number of nitrogens with zero attached hydrogens (tertiary/aromatic N) is 1. The maximum atomic E-state index is 13.6. The molecule has 0 spiro atoms. The van der Waals surface area contributed by atoms with E-state index in [1.807, 2.05) is 49.3 Å². The van der Waals surface area contributed by atoms with Gasteiger partial charge in [0.15, 0.2) is 0 Å². The molecule has 0 atom stereocenters. The zero-order valence-electron chi connectivity index (χ0n) is 21.6. The maximum Gasteiger partial charge on any atom is 0.255 e. The van der Waals surface area contributed by atoms with Crippen LogP contribution in [0.3, 0.4) is 0 Å². The second-order valence-electron chi connectivity index (χ2n) is 9.59. The number of H-pyrrole nitrogens is 1. The Kier molecular flexibility index (Phi) is 6.23. The van der Waals surface area contributed by atoms with Gasteiger partial charge in [-0.25, -0.2) is 4.39 Å². The van der Waals surface area contributed by atoms with Gasteiger partial charge in [-0.1, -0.05) is 36.4 Å². The van der Waals surface area contributed by atoms with Crippen LogP contribution in [0.1, 0.15) is 10.4 Å². The summed E-state index contributed by atoms with van der Waals surface area (Å²) in [5, 5.41) is 4.54. The first-order valence-electron chi connectivity index (χ1n) is 12.5. The van der Waals surface area contributed by atoms with Crippen molar-refractivity contribution in [3.05, 3.63) is 101 Å². The molecular formula is C32H25BrFN3O2. The van der Waals surface area contributed by atoms with E-state index in [0.29, 0.717) is 27.9 Å². The molecule has 39 heavy (non-hydrogen) atoms. The molecule has 6 aromatic rings. The first kappa shape index (κ1) is 24.9. The number of aromatic amines is 1. The Morgan fingerprint density at radius 1 is 0.897 bits per heavy atom. The van der Waals surface area contributed by atoms with E-state index >= 15 is 0 Å². The van der Waals surface area contributed by atoms with Crippen molar-refractivity contribution in [2.24, 2.45) is 0 Å². The van der Waals surface area contributed by atoms with E-state index < -0.39 is 0 Å². The van der Waals surface area contributed by atoms with E-state index in [1.165, 1.54) is 12.1 Å². The van der Waals surface area contributed by atoms with E-state index in [-0.39, 0.29) is 11.7 Å². The van der Waals surface area contributed by atoms with E-state index in [2.05, 4.69) is 56.6 Å². The number of hydrogen-bond donors (Lipinski definition) is 2. The van der Waals surface area contributed by atoms with Crippen LogP contribution in [-0.4, -0.2) is 32.0 Å². The van der Waals surface area contributed by atoms with Crippen LogP contribution in [0.5, 0.6) is 0 Å². The Labute approximate surface area is 233 Å². The lowest BCUT2D eigenvalue weighted by Crippen LogP contribution is -2.18. The smallest absolute Gasteiger partial charge is 0.255 e. The highest BCUT2D eigenvalue weighted by atomic mass is 79.9. The highest BCUT2D eigenvalue weighted by Crippen LogP contribution is 2.42. The second-order valence-corrected chi connectivity index (χ2v) is 10.4. The summed E-state index contributed by atoms with van der Waals surface area (Å²) in [6, 6.07) is 26.4. The van der Waals surface area contributed by atoms with Crippen LogP contribution < -0.4 is 10.2 Å². The summed E-state index contributed by atoms with van der Waals surface area (Å²) in [5.41, 5.74) is 7.61. The molecule has 2 heterocycles. The second kappa shape index (κ2) is 9.75. The molecule has 6 rings (SSSR count). The summed E-state index contributed by atoms with van der Waals surface area (Å²) >= 11 is 3.78. The van der Waals surface area contributed by atoms with Gasteiger partial charge in [-0.15, -0.1) is 0 Å². The third-order valence-corrected chi connectivity index (χ3v) is 7.78. The number of carbonyl (C=O) groups excluding carboxylic acids is 1. The zero-order chi connectivity index (χ0) is 27.3. The molecule has 194 valence electrons. The highest BCUT2D eigenvalue weighted by Gasteiger charge is 2.24. The summed E-state index contributed by atoms with van der Waals surface area (Å²) < 4.78 is 20.9. The minimum Gasteiger partial charge on any atom is -0.455 e. The first-order valence-corrected chi connectivity index (χ1v) is 13.3. The Balaban J connectivity index is 1.57. The molecule has 0 saturated carbocycles. The largest absolute Gasteiger partial charge is 0.455 e. The van der Waals surface area contributed by atoms with Crippen LogP contribution in [0.15, 0.2) is 93.8 Å². The van der Waals surface area contributed by atoms with Gasteiger partial charge in [-0.05, 0) is 69.5 Å². The fourth-order valence-corrected chi connectivity index (χ4v) is 5.71. The van der Waals surface area contributed by atoms with Gasteiger partial charge in [0.1, 0.15) is 17.2 Å². The van der Waals surface area contributed by atoms with Crippen molar-refractivity contribution in [3.63, 3.8) is 0 Å². The molecule has 2 aromatic heterocycles. The molecule has 0 saturated heterocycles. The average molecular weight is 582 g/mol. The van der Waals surface area contributed by atoms with E-state index in [0.717, 1.165) is 43.4 Å². The Hall–Kier alpha value is -4.36. The number of anilines is 1. The SMILES string of the molecule is CNC(=O)c1c(-c2ccc(F)cc2)oc2cc(N(C)C)c(-c3cccc(-c4[nH]c5ccccc5c4Br)c3)cc12. The third kappa shape index (κ3) is 4.29. The number of furan rings is 1. The molecule has 7 heteroatoms. The van der Waals surface area contributed by atoms with Crippen LogP contribution in [0, 0.1) is 5.82 Å². The number of carbonyl (C=O) groups is 1. The van der Waals surface area contributed by atoms with Gasteiger partial charge in [0.2, 0.25) is 0 Å². The number of para-hydroxylation sites is 1. The van der Waals surface area contributed by atoms with Gasteiger partial charge in [0.05, 0.1) is 15.7 Å². The number of halogens is 2. The van der Waals surface area contributed by atoms with Crippen LogP contribution in [-0.2, 0) is 0 Å². The Morgan fingerprint density at radius 2 is 1.64 bits per heavy atom. The minimum absolute atomic E-state index is 0.271. The number of nitrogens with one attached hydrogen (secondary N) is 2. The molecule has 2 N–H and O–H groups in total. The van der Waals surface area contributed by atoms with E-state index in [4.69, 9.17) is 4.42 Å². The summed E-state index contributed by atoms with van der Waals surface area (Å²) in [6.45, 7) is 0. The lowest BCUT2D eigenvalue weighted by atomic mass is 9.96. The van der Waals surface area contributed by atoms with Gasteiger partial charge in [-0.2, -0.15) is 0 Å². The number of aromatic nitrogens is 1. The van der Waals surface area contributed by atoms with Crippen molar-refractivity contribution >= 4 is 49.4 Å². The van der Waals surface area contributed by atoms with Crippen molar-refractivity contribution in [2.45, 2.75) is 0 Å². The molecule has 0 radical (unpaired) electrons. The van der Waals surface area contributed by atoms with Gasteiger partial charge in [0, 0.05) is 60.3 Å². The van der Waals surface area contributed by atoms with Gasteiger partial charge in [-0.3, -0.25) is 4.79 Å². The fraction of sp³-hybridized carbons (Fsp3) is 0.0938. The number of benzene rings is 4. The fourth-order valence-electron chi connectivity index (χ4n) is 5.04. The minimum atomic E-state index is -0.352. The number of fused-ring (bicyclic) bond motifs is 2. The van der Waals surface area contributed by atoms with Crippen molar-refractivity contribution in [3.8, 4) is 33.7 Å². The molecule has 0 unspecified atom stereocenters. The third-order valence-electron chi connectivity index (χ3n) is 6.95. The Morgan fingerprint density at radius 3 is 2.36 bits per heavy atom. The van der Waals surface area contributed by atoms with E-state index in [9.17, 15) is 9.18 Å². The van der Waals surface area contributed by atoms with Crippen molar-refractivity contribution in [1.29, 1.82) is 0 Å². The topological polar surface area (TPSA) is 61.3 Å². The molecule has 0 bridgehead atoms. The predicted molar refractivity (Wildman–Crippen MR) is 160 cm³/mol. The van der Waals surface area contributed by atoms with Crippen molar-refractivity contribution in [2.75, 3.05) is 26.0 Å². The van der Waals surface area contributed by atoms with Crippen molar-refractivity contribution < 1.29 is 13.6 Å².